The van der Waals surface area contributed by atoms with Gasteiger partial charge in [-0.15, -0.1) is 0 Å². The molecule has 1 aliphatic carbocycles. The molecule has 124 valence electrons. The van der Waals surface area contributed by atoms with E-state index in [2.05, 4.69) is 15.6 Å². The number of piperidine rings is 2. The Labute approximate surface area is 136 Å². The number of rotatable bonds is 4. The van der Waals surface area contributed by atoms with Crippen molar-refractivity contribution in [3.63, 3.8) is 0 Å². The molecule has 1 saturated carbocycles. The molecule has 0 radical (unpaired) electrons. The number of amides is 1. The van der Waals surface area contributed by atoms with Gasteiger partial charge < -0.3 is 15.7 Å². The number of carbonyl (C=O) groups excluding carboxylic acids is 1. The number of aliphatic hydroxyl groups is 1. The minimum Gasteiger partial charge on any atom is -0.383 e. The largest absolute Gasteiger partial charge is 0.383 e. The Morgan fingerprint density at radius 3 is 2.65 bits per heavy atom. The predicted octanol–water partition coefficient (Wildman–Crippen LogP) is 1.47. The van der Waals surface area contributed by atoms with Gasteiger partial charge in [0.15, 0.2) is 0 Å². The first-order valence-electron chi connectivity index (χ1n) is 8.80. The Bertz CT molecular complexity index is 559. The van der Waals surface area contributed by atoms with Gasteiger partial charge in [-0.3, -0.25) is 9.78 Å². The summed E-state index contributed by atoms with van der Waals surface area (Å²) in [5.41, 5.74) is -0.0512. The Hall–Kier alpha value is -1.46. The van der Waals surface area contributed by atoms with Crippen LogP contribution in [-0.2, 0) is 10.4 Å². The molecule has 5 heteroatoms. The van der Waals surface area contributed by atoms with Crippen molar-refractivity contribution in [2.75, 3.05) is 0 Å². The lowest BCUT2D eigenvalue weighted by atomic mass is 9.71. The van der Waals surface area contributed by atoms with Crippen LogP contribution in [0.5, 0.6) is 0 Å². The average molecular weight is 315 g/mol. The van der Waals surface area contributed by atoms with Crippen LogP contribution < -0.4 is 10.6 Å². The second-order valence-corrected chi connectivity index (χ2v) is 7.60. The van der Waals surface area contributed by atoms with Gasteiger partial charge in [0.05, 0.1) is 5.69 Å². The molecule has 1 aromatic heterocycles. The first-order chi connectivity index (χ1) is 11.1. The van der Waals surface area contributed by atoms with Crippen LogP contribution in [0.4, 0.5) is 0 Å². The standard InChI is InChI=1S/C18H25N3O2/c22-17(21-13-4-5-13)9-12-7-14-10-18(23,11-15(8-12)20-14)16-3-1-2-6-19-16/h1-3,6,12-15,20,23H,4-5,7-11H2,(H,21,22). The van der Waals surface area contributed by atoms with E-state index in [1.54, 1.807) is 6.20 Å². The molecule has 3 heterocycles. The number of carbonyl (C=O) groups is 1. The molecule has 3 N–H and O–H groups in total. The molecule has 5 nitrogen and oxygen atoms in total. The van der Waals surface area contributed by atoms with Crippen LogP contribution in [0.1, 0.15) is 50.6 Å². The van der Waals surface area contributed by atoms with Gasteiger partial charge in [0.2, 0.25) is 5.91 Å². The van der Waals surface area contributed by atoms with E-state index in [1.165, 1.54) is 0 Å². The third-order valence-corrected chi connectivity index (χ3v) is 5.43. The Morgan fingerprint density at radius 2 is 2.04 bits per heavy atom. The van der Waals surface area contributed by atoms with Crippen molar-refractivity contribution >= 4 is 5.91 Å². The topological polar surface area (TPSA) is 74.2 Å². The van der Waals surface area contributed by atoms with Crippen LogP contribution in [0.15, 0.2) is 24.4 Å². The Balaban J connectivity index is 1.39. The van der Waals surface area contributed by atoms with E-state index in [4.69, 9.17) is 0 Å². The summed E-state index contributed by atoms with van der Waals surface area (Å²) in [5.74, 6) is 0.635. The summed E-state index contributed by atoms with van der Waals surface area (Å²) >= 11 is 0. The Kier molecular flexibility index (Phi) is 3.85. The van der Waals surface area contributed by atoms with Gasteiger partial charge in [-0.2, -0.15) is 0 Å². The summed E-state index contributed by atoms with van der Waals surface area (Å²) in [6.45, 7) is 0. The van der Waals surface area contributed by atoms with Crippen molar-refractivity contribution in [3.05, 3.63) is 30.1 Å². The van der Waals surface area contributed by atoms with Gasteiger partial charge in [0.1, 0.15) is 5.60 Å². The van der Waals surface area contributed by atoms with Crippen molar-refractivity contribution in [3.8, 4) is 0 Å². The quantitative estimate of drug-likeness (QED) is 0.786. The zero-order valence-corrected chi connectivity index (χ0v) is 13.4. The number of fused-ring (bicyclic) bond motifs is 2. The molecule has 23 heavy (non-hydrogen) atoms. The monoisotopic (exact) mass is 315 g/mol. The molecule has 2 saturated heterocycles. The average Bonchev–Trinajstić information content (AvgIpc) is 3.30. The third-order valence-electron chi connectivity index (χ3n) is 5.43. The van der Waals surface area contributed by atoms with E-state index in [0.717, 1.165) is 31.4 Å². The zero-order chi connectivity index (χ0) is 15.9. The molecule has 1 aromatic rings. The lowest BCUT2D eigenvalue weighted by molar-refractivity contribution is -0.122. The van der Waals surface area contributed by atoms with Crippen molar-refractivity contribution in [1.82, 2.24) is 15.6 Å². The highest BCUT2D eigenvalue weighted by atomic mass is 16.3. The fourth-order valence-electron chi connectivity index (χ4n) is 4.34. The Morgan fingerprint density at radius 1 is 1.30 bits per heavy atom. The lowest BCUT2D eigenvalue weighted by Crippen LogP contribution is -2.56. The smallest absolute Gasteiger partial charge is 0.220 e. The number of nitrogens with zero attached hydrogens (tertiary/aromatic N) is 1. The number of nitrogens with one attached hydrogen (secondary N) is 2. The molecule has 2 unspecified atom stereocenters. The maximum absolute atomic E-state index is 12.0. The van der Waals surface area contributed by atoms with E-state index in [-0.39, 0.29) is 18.0 Å². The van der Waals surface area contributed by atoms with Crippen molar-refractivity contribution in [2.24, 2.45) is 5.92 Å². The molecule has 0 aromatic carbocycles. The maximum Gasteiger partial charge on any atom is 0.220 e. The fourth-order valence-corrected chi connectivity index (χ4v) is 4.34. The number of hydrogen-bond donors (Lipinski definition) is 3. The summed E-state index contributed by atoms with van der Waals surface area (Å²) in [4.78, 5) is 16.4. The van der Waals surface area contributed by atoms with Crippen LogP contribution in [0, 0.1) is 5.92 Å². The van der Waals surface area contributed by atoms with Crippen LogP contribution >= 0.6 is 0 Å². The van der Waals surface area contributed by atoms with Crippen molar-refractivity contribution < 1.29 is 9.90 Å². The summed E-state index contributed by atoms with van der Waals surface area (Å²) in [5, 5.41) is 17.8. The van der Waals surface area contributed by atoms with E-state index in [9.17, 15) is 9.90 Å². The summed E-state index contributed by atoms with van der Waals surface area (Å²) in [6, 6.07) is 6.72. The highest BCUT2D eigenvalue weighted by Crippen LogP contribution is 2.41. The van der Waals surface area contributed by atoms with E-state index >= 15 is 0 Å². The molecule has 1 amide bonds. The highest BCUT2D eigenvalue weighted by molar-refractivity contribution is 5.76. The SMILES string of the molecule is O=C(CC1CC2CC(O)(c3ccccn3)CC(C1)N2)NC1CC1. The molecule has 0 spiro atoms. The number of pyridine rings is 1. The summed E-state index contributed by atoms with van der Waals surface area (Å²) in [6.07, 6.45) is 7.94. The normalized spacial score (nSPS) is 36.5. The molecular weight excluding hydrogens is 290 g/mol. The molecule has 4 rings (SSSR count). The number of hydrogen-bond acceptors (Lipinski definition) is 4. The first-order valence-corrected chi connectivity index (χ1v) is 8.80. The van der Waals surface area contributed by atoms with Crippen molar-refractivity contribution in [2.45, 2.75) is 68.7 Å². The van der Waals surface area contributed by atoms with E-state index in [1.807, 2.05) is 18.2 Å². The van der Waals surface area contributed by atoms with Gasteiger partial charge in [-0.05, 0) is 56.6 Å². The summed E-state index contributed by atoms with van der Waals surface area (Å²) < 4.78 is 0. The molecule has 2 aliphatic heterocycles. The number of aromatic nitrogens is 1. The van der Waals surface area contributed by atoms with Gasteiger partial charge >= 0.3 is 0 Å². The maximum atomic E-state index is 12.0. The summed E-state index contributed by atoms with van der Waals surface area (Å²) in [7, 11) is 0. The molecule has 2 bridgehead atoms. The lowest BCUT2D eigenvalue weighted by Gasteiger charge is -2.47. The van der Waals surface area contributed by atoms with E-state index in [0.29, 0.717) is 31.2 Å². The van der Waals surface area contributed by atoms with Crippen LogP contribution in [0.3, 0.4) is 0 Å². The fraction of sp³-hybridized carbons (Fsp3) is 0.667. The van der Waals surface area contributed by atoms with Gasteiger partial charge in [-0.25, -0.2) is 0 Å². The predicted molar refractivity (Wildman–Crippen MR) is 86.6 cm³/mol. The van der Waals surface area contributed by atoms with Gasteiger partial charge in [0.25, 0.3) is 0 Å². The molecule has 3 fully saturated rings. The van der Waals surface area contributed by atoms with Crippen LogP contribution in [0.2, 0.25) is 0 Å². The second-order valence-electron chi connectivity index (χ2n) is 7.60. The third kappa shape index (κ3) is 3.40. The van der Waals surface area contributed by atoms with E-state index < -0.39 is 5.60 Å². The van der Waals surface area contributed by atoms with Gasteiger partial charge in [-0.1, -0.05) is 6.07 Å². The second kappa shape index (κ2) is 5.87. The van der Waals surface area contributed by atoms with Crippen molar-refractivity contribution in [1.29, 1.82) is 0 Å². The minimum absolute atomic E-state index is 0.206. The first kappa shape index (κ1) is 15.1. The zero-order valence-electron chi connectivity index (χ0n) is 13.4. The molecular formula is C18H25N3O2. The van der Waals surface area contributed by atoms with Crippen LogP contribution in [0.25, 0.3) is 0 Å². The molecule has 2 atom stereocenters. The minimum atomic E-state index is -0.830. The van der Waals surface area contributed by atoms with Crippen LogP contribution in [-0.4, -0.2) is 34.1 Å². The van der Waals surface area contributed by atoms with Gasteiger partial charge in [0, 0.05) is 30.7 Å². The highest BCUT2D eigenvalue weighted by Gasteiger charge is 2.45. The molecule has 3 aliphatic rings.